The summed E-state index contributed by atoms with van der Waals surface area (Å²) in [6.07, 6.45) is 3.26. The number of ether oxygens (including phenoxy) is 1. The Balaban J connectivity index is 1.58. The van der Waals surface area contributed by atoms with Gasteiger partial charge in [0.1, 0.15) is 11.4 Å². The van der Waals surface area contributed by atoms with Crippen molar-refractivity contribution in [2.75, 3.05) is 13.1 Å². The zero-order valence-electron chi connectivity index (χ0n) is 21.3. The Hall–Kier alpha value is -3.43. The molecular formula is C29H26Cl2N4O3S. The fourth-order valence-corrected chi connectivity index (χ4v) is 5.72. The maximum atomic E-state index is 13.9. The molecule has 2 aromatic heterocycles. The lowest BCUT2D eigenvalue weighted by Gasteiger charge is -2.35. The van der Waals surface area contributed by atoms with Crippen LogP contribution in [0.1, 0.15) is 29.8 Å². The van der Waals surface area contributed by atoms with Crippen molar-refractivity contribution < 1.29 is 14.3 Å². The van der Waals surface area contributed by atoms with Crippen molar-refractivity contribution in [1.82, 2.24) is 20.0 Å². The number of rotatable bonds is 6. The zero-order valence-corrected chi connectivity index (χ0v) is 23.6. The van der Waals surface area contributed by atoms with E-state index < -0.39 is 5.91 Å². The Bertz CT molecular complexity index is 1510. The zero-order chi connectivity index (χ0) is 27.5. The highest BCUT2D eigenvalue weighted by molar-refractivity contribution is 7.13. The Morgan fingerprint density at radius 3 is 2.46 bits per heavy atom. The van der Waals surface area contributed by atoms with E-state index in [0.29, 0.717) is 29.4 Å². The number of amides is 2. The van der Waals surface area contributed by atoms with Gasteiger partial charge < -0.3 is 15.0 Å². The maximum absolute atomic E-state index is 13.9. The van der Waals surface area contributed by atoms with Crippen LogP contribution in [0.2, 0.25) is 10.0 Å². The average molecular weight is 582 g/mol. The van der Waals surface area contributed by atoms with Crippen molar-refractivity contribution >= 4 is 52.4 Å². The molecule has 2 atom stereocenters. The van der Waals surface area contributed by atoms with Crippen molar-refractivity contribution in [3.05, 3.63) is 99.1 Å². The number of thiophene rings is 1. The van der Waals surface area contributed by atoms with E-state index in [1.165, 1.54) is 12.1 Å². The van der Waals surface area contributed by atoms with E-state index in [4.69, 9.17) is 33.0 Å². The lowest BCUT2D eigenvalue weighted by molar-refractivity contribution is -0.139. The molecule has 10 heteroatoms. The number of hydrogen-bond acceptors (Lipinski definition) is 5. The van der Waals surface area contributed by atoms with Gasteiger partial charge in [0.2, 0.25) is 0 Å². The van der Waals surface area contributed by atoms with Gasteiger partial charge in [-0.25, -0.2) is 4.68 Å². The van der Waals surface area contributed by atoms with E-state index in [1.807, 2.05) is 67.9 Å². The maximum Gasteiger partial charge on any atom is 0.270 e. The molecule has 1 aliphatic heterocycles. The molecule has 1 fully saturated rings. The molecule has 1 saturated heterocycles. The number of morpholine rings is 1. The summed E-state index contributed by atoms with van der Waals surface area (Å²) in [5, 5.41) is 10.2. The molecule has 200 valence electrons. The summed E-state index contributed by atoms with van der Waals surface area (Å²) < 4.78 is 7.58. The van der Waals surface area contributed by atoms with Gasteiger partial charge in [0.15, 0.2) is 0 Å². The second kappa shape index (κ2) is 11.8. The van der Waals surface area contributed by atoms with Crippen molar-refractivity contribution in [2.45, 2.75) is 26.1 Å². The Labute approximate surface area is 240 Å². The third-order valence-corrected chi connectivity index (χ3v) is 7.60. The van der Waals surface area contributed by atoms with Crippen LogP contribution >= 0.6 is 34.5 Å². The van der Waals surface area contributed by atoms with E-state index in [0.717, 1.165) is 10.6 Å². The topological polar surface area (TPSA) is 76.5 Å². The first-order valence-electron chi connectivity index (χ1n) is 12.4. The lowest BCUT2D eigenvalue weighted by Crippen LogP contribution is -2.50. The first-order valence-corrected chi connectivity index (χ1v) is 14.0. The number of nitrogens with one attached hydrogen (secondary N) is 1. The van der Waals surface area contributed by atoms with Crippen molar-refractivity contribution in [3.8, 4) is 16.3 Å². The second-order valence-corrected chi connectivity index (χ2v) is 11.1. The van der Waals surface area contributed by atoms with Gasteiger partial charge >= 0.3 is 0 Å². The van der Waals surface area contributed by atoms with E-state index in [9.17, 15) is 9.59 Å². The number of halogens is 2. The average Bonchev–Trinajstić information content (AvgIpc) is 3.58. The molecule has 7 nitrogen and oxygen atoms in total. The summed E-state index contributed by atoms with van der Waals surface area (Å²) in [6.45, 7) is 4.65. The molecule has 2 amide bonds. The van der Waals surface area contributed by atoms with E-state index >= 15 is 0 Å². The fraction of sp³-hybridized carbons (Fsp3) is 0.207. The van der Waals surface area contributed by atoms with Crippen LogP contribution in [0.5, 0.6) is 0 Å². The van der Waals surface area contributed by atoms with Crippen LogP contribution in [0.25, 0.3) is 22.3 Å². The number of carbonyl (C=O) groups excluding carboxylic acids is 2. The normalized spacial score (nSPS) is 17.7. The number of hydrogen-bond donors (Lipinski definition) is 1. The SMILES string of the molecule is C[C@H]1CN(C(=O)/C(=C/c2cn(-c3ccccc3)nc2-c2cccs2)NC(=O)c2ccc(Cl)cc2Cl)C[C@H](C)O1. The molecule has 3 heterocycles. The van der Waals surface area contributed by atoms with E-state index in [2.05, 4.69) is 5.32 Å². The van der Waals surface area contributed by atoms with Crippen LogP contribution in [0.3, 0.4) is 0 Å². The molecular weight excluding hydrogens is 555 g/mol. The molecule has 0 aliphatic carbocycles. The van der Waals surface area contributed by atoms with E-state index in [-0.39, 0.29) is 34.4 Å². The van der Waals surface area contributed by atoms with Crippen LogP contribution in [-0.4, -0.2) is 51.8 Å². The highest BCUT2D eigenvalue weighted by atomic mass is 35.5. The first kappa shape index (κ1) is 27.1. The Morgan fingerprint density at radius 2 is 1.79 bits per heavy atom. The van der Waals surface area contributed by atoms with Crippen LogP contribution in [0.15, 0.2) is 77.9 Å². The molecule has 39 heavy (non-hydrogen) atoms. The predicted octanol–water partition coefficient (Wildman–Crippen LogP) is 6.31. The van der Waals surface area contributed by atoms with Crippen molar-refractivity contribution in [2.24, 2.45) is 0 Å². The fourth-order valence-electron chi connectivity index (χ4n) is 4.49. The molecule has 2 aromatic carbocycles. The van der Waals surface area contributed by atoms with Gasteiger partial charge in [0, 0.05) is 29.9 Å². The van der Waals surface area contributed by atoms with Gasteiger partial charge in [-0.05, 0) is 61.7 Å². The summed E-state index contributed by atoms with van der Waals surface area (Å²) in [7, 11) is 0. The minimum atomic E-state index is -0.515. The standard InChI is InChI=1S/C29H26Cl2N4O3S/c1-18-15-34(16-19(2)38-18)29(37)25(32-28(36)23-11-10-21(30)14-24(23)31)13-20-17-35(22-7-4-3-5-8-22)33-27(20)26-9-6-12-39-26/h3-14,17-19H,15-16H2,1-2H3,(H,32,36)/b25-13-/t18-,19-/m0/s1. The third-order valence-electron chi connectivity index (χ3n) is 6.18. The van der Waals surface area contributed by atoms with Gasteiger partial charge in [0.25, 0.3) is 11.8 Å². The van der Waals surface area contributed by atoms with Crippen molar-refractivity contribution in [3.63, 3.8) is 0 Å². The summed E-state index contributed by atoms with van der Waals surface area (Å²) in [5.41, 5.74) is 2.57. The lowest BCUT2D eigenvalue weighted by atomic mass is 10.1. The highest BCUT2D eigenvalue weighted by Gasteiger charge is 2.29. The molecule has 0 unspecified atom stereocenters. The number of carbonyl (C=O) groups is 2. The van der Waals surface area contributed by atoms with Gasteiger partial charge in [0.05, 0.1) is 33.4 Å². The number of aromatic nitrogens is 2. The highest BCUT2D eigenvalue weighted by Crippen LogP contribution is 2.30. The molecule has 0 bridgehead atoms. The van der Waals surface area contributed by atoms with Gasteiger partial charge in [-0.15, -0.1) is 11.3 Å². The molecule has 0 radical (unpaired) electrons. The first-order chi connectivity index (χ1) is 18.8. The summed E-state index contributed by atoms with van der Waals surface area (Å²) in [4.78, 5) is 29.9. The summed E-state index contributed by atoms with van der Waals surface area (Å²) >= 11 is 13.9. The quantitative estimate of drug-likeness (QED) is 0.271. The Morgan fingerprint density at radius 1 is 1.05 bits per heavy atom. The second-order valence-electron chi connectivity index (χ2n) is 9.29. The molecule has 1 N–H and O–H groups in total. The minimum absolute atomic E-state index is 0.109. The third kappa shape index (κ3) is 6.25. The van der Waals surface area contributed by atoms with Gasteiger partial charge in [-0.3, -0.25) is 9.59 Å². The summed E-state index contributed by atoms with van der Waals surface area (Å²) in [6, 6.07) is 18.2. The monoisotopic (exact) mass is 580 g/mol. The number of benzene rings is 2. The number of nitrogens with zero attached hydrogens (tertiary/aromatic N) is 3. The smallest absolute Gasteiger partial charge is 0.270 e. The largest absolute Gasteiger partial charge is 0.372 e. The predicted molar refractivity (Wildman–Crippen MR) is 155 cm³/mol. The van der Waals surface area contributed by atoms with Crippen LogP contribution in [0, 0.1) is 0 Å². The van der Waals surface area contributed by atoms with Crippen LogP contribution < -0.4 is 5.32 Å². The number of para-hydroxylation sites is 1. The van der Waals surface area contributed by atoms with Crippen LogP contribution in [0.4, 0.5) is 0 Å². The van der Waals surface area contributed by atoms with Crippen LogP contribution in [-0.2, 0) is 9.53 Å². The molecule has 4 aromatic rings. The minimum Gasteiger partial charge on any atom is -0.372 e. The molecule has 0 spiro atoms. The Kier molecular flexibility index (Phi) is 8.18. The molecule has 1 aliphatic rings. The van der Waals surface area contributed by atoms with Gasteiger partial charge in [-0.1, -0.05) is 47.5 Å². The van der Waals surface area contributed by atoms with Crippen molar-refractivity contribution in [1.29, 1.82) is 0 Å². The molecule has 0 saturated carbocycles. The van der Waals surface area contributed by atoms with E-state index in [1.54, 1.807) is 33.1 Å². The summed E-state index contributed by atoms with van der Waals surface area (Å²) in [5.74, 6) is -0.834. The van der Waals surface area contributed by atoms with Gasteiger partial charge in [-0.2, -0.15) is 5.10 Å². The molecule has 5 rings (SSSR count).